The van der Waals surface area contributed by atoms with Crippen LogP contribution in [0.2, 0.25) is 0 Å². The standard InChI is InChI=1S/C22H35N3O3/c1-17-15-24(16-18(2)25(17)13-7-12-23(3)4)22(27)11-10-21(26)19-8-6-9-20(14-19)28-5/h6,8-9,14,17-18H,7,10-13,15-16H2,1-5H3. The first-order chi connectivity index (χ1) is 13.3. The van der Waals surface area contributed by atoms with Gasteiger partial charge in [-0.25, -0.2) is 0 Å². The topological polar surface area (TPSA) is 53.1 Å². The number of carbonyl (C=O) groups excluding carboxylic acids is 2. The second-order valence-corrected chi connectivity index (χ2v) is 8.05. The largest absolute Gasteiger partial charge is 0.497 e. The lowest BCUT2D eigenvalue weighted by atomic mass is 10.0. The summed E-state index contributed by atoms with van der Waals surface area (Å²) in [4.78, 5) is 31.7. The van der Waals surface area contributed by atoms with E-state index >= 15 is 0 Å². The second-order valence-electron chi connectivity index (χ2n) is 8.05. The highest BCUT2D eigenvalue weighted by Gasteiger charge is 2.31. The van der Waals surface area contributed by atoms with Gasteiger partial charge in [-0.3, -0.25) is 14.5 Å². The summed E-state index contributed by atoms with van der Waals surface area (Å²) in [6.07, 6.45) is 1.62. The Balaban J connectivity index is 1.83. The van der Waals surface area contributed by atoms with Crippen LogP contribution in [0.1, 0.15) is 43.5 Å². The van der Waals surface area contributed by atoms with E-state index in [1.165, 1.54) is 0 Å². The van der Waals surface area contributed by atoms with Gasteiger partial charge in [-0.15, -0.1) is 0 Å². The van der Waals surface area contributed by atoms with Gasteiger partial charge in [-0.05, 0) is 53.0 Å². The van der Waals surface area contributed by atoms with Crippen LogP contribution < -0.4 is 4.74 Å². The molecule has 1 heterocycles. The molecule has 0 aliphatic carbocycles. The summed E-state index contributed by atoms with van der Waals surface area (Å²) < 4.78 is 5.17. The van der Waals surface area contributed by atoms with Gasteiger partial charge in [0.25, 0.3) is 0 Å². The SMILES string of the molecule is COc1cccc(C(=O)CCC(=O)N2CC(C)N(CCCN(C)C)C(C)C2)c1. The third kappa shape index (κ3) is 6.31. The van der Waals surface area contributed by atoms with Crippen LogP contribution in [-0.2, 0) is 4.79 Å². The summed E-state index contributed by atoms with van der Waals surface area (Å²) in [5.74, 6) is 0.712. The Bertz CT molecular complexity index is 650. The van der Waals surface area contributed by atoms with Crippen molar-refractivity contribution in [2.24, 2.45) is 0 Å². The van der Waals surface area contributed by atoms with Gasteiger partial charge in [0.2, 0.25) is 5.91 Å². The van der Waals surface area contributed by atoms with Crippen molar-refractivity contribution in [3.8, 4) is 5.75 Å². The fourth-order valence-corrected chi connectivity index (χ4v) is 3.89. The molecule has 2 unspecified atom stereocenters. The number of ether oxygens (including phenoxy) is 1. The van der Waals surface area contributed by atoms with Gasteiger partial charge in [-0.2, -0.15) is 0 Å². The molecule has 1 fully saturated rings. The average Bonchev–Trinajstić information content (AvgIpc) is 2.67. The molecule has 1 aromatic rings. The molecule has 0 saturated carbocycles. The number of piperazine rings is 1. The third-order valence-corrected chi connectivity index (χ3v) is 5.43. The van der Waals surface area contributed by atoms with Crippen LogP contribution in [0.25, 0.3) is 0 Å². The van der Waals surface area contributed by atoms with E-state index < -0.39 is 0 Å². The number of hydrogen-bond acceptors (Lipinski definition) is 5. The molecule has 0 N–H and O–H groups in total. The van der Waals surface area contributed by atoms with Gasteiger partial charge in [0.1, 0.15) is 5.75 Å². The summed E-state index contributed by atoms with van der Waals surface area (Å²) in [5, 5.41) is 0. The van der Waals surface area contributed by atoms with Crippen LogP contribution in [0.15, 0.2) is 24.3 Å². The number of ketones is 1. The van der Waals surface area contributed by atoms with E-state index in [0.29, 0.717) is 23.4 Å². The molecule has 1 aromatic carbocycles. The van der Waals surface area contributed by atoms with Crippen molar-refractivity contribution in [1.82, 2.24) is 14.7 Å². The molecule has 0 spiro atoms. The lowest BCUT2D eigenvalue weighted by Gasteiger charge is -2.44. The maximum Gasteiger partial charge on any atom is 0.223 e. The first-order valence-corrected chi connectivity index (χ1v) is 10.2. The number of methoxy groups -OCH3 is 1. The minimum absolute atomic E-state index is 0.0179. The van der Waals surface area contributed by atoms with Gasteiger partial charge in [0.15, 0.2) is 5.78 Å². The Morgan fingerprint density at radius 3 is 2.43 bits per heavy atom. The molecule has 1 amide bonds. The summed E-state index contributed by atoms with van der Waals surface area (Å²) in [6, 6.07) is 7.78. The highest BCUT2D eigenvalue weighted by Crippen LogP contribution is 2.19. The van der Waals surface area contributed by atoms with Crippen molar-refractivity contribution in [1.29, 1.82) is 0 Å². The maximum absolute atomic E-state index is 12.7. The van der Waals surface area contributed by atoms with E-state index in [-0.39, 0.29) is 24.5 Å². The lowest BCUT2D eigenvalue weighted by molar-refractivity contribution is -0.135. The molecule has 0 bridgehead atoms. The van der Waals surface area contributed by atoms with Crippen LogP contribution in [0.4, 0.5) is 0 Å². The average molecular weight is 390 g/mol. The van der Waals surface area contributed by atoms with Crippen LogP contribution >= 0.6 is 0 Å². The molecule has 1 aliphatic heterocycles. The predicted octanol–water partition coefficient (Wildman–Crippen LogP) is 2.53. The van der Waals surface area contributed by atoms with Gasteiger partial charge >= 0.3 is 0 Å². The Labute approximate surface area is 169 Å². The fourth-order valence-electron chi connectivity index (χ4n) is 3.89. The zero-order valence-corrected chi connectivity index (χ0v) is 18.0. The summed E-state index contributed by atoms with van der Waals surface area (Å²) >= 11 is 0. The third-order valence-electron chi connectivity index (χ3n) is 5.43. The number of hydrogen-bond donors (Lipinski definition) is 0. The Morgan fingerprint density at radius 2 is 1.82 bits per heavy atom. The molecular weight excluding hydrogens is 354 g/mol. The minimum Gasteiger partial charge on any atom is -0.497 e. The number of nitrogens with zero attached hydrogens (tertiary/aromatic N) is 3. The highest BCUT2D eigenvalue weighted by molar-refractivity contribution is 5.98. The van der Waals surface area contributed by atoms with Crippen molar-refractivity contribution in [2.75, 3.05) is 47.4 Å². The smallest absolute Gasteiger partial charge is 0.223 e. The minimum atomic E-state index is -0.0179. The van der Waals surface area contributed by atoms with E-state index in [2.05, 4.69) is 37.7 Å². The van der Waals surface area contributed by atoms with Crippen LogP contribution in [-0.4, -0.2) is 85.9 Å². The molecule has 1 aliphatic rings. The Morgan fingerprint density at radius 1 is 1.14 bits per heavy atom. The summed E-state index contributed by atoms with van der Waals surface area (Å²) in [6.45, 7) is 7.97. The van der Waals surface area contributed by atoms with Gasteiger partial charge in [-0.1, -0.05) is 12.1 Å². The number of benzene rings is 1. The monoisotopic (exact) mass is 389 g/mol. The second kappa shape index (κ2) is 10.6. The van der Waals surface area contributed by atoms with Crippen LogP contribution in [0.3, 0.4) is 0 Å². The molecule has 2 rings (SSSR count). The summed E-state index contributed by atoms with van der Waals surface area (Å²) in [5.41, 5.74) is 0.597. The van der Waals surface area contributed by atoms with Crippen molar-refractivity contribution in [3.63, 3.8) is 0 Å². The first-order valence-electron chi connectivity index (χ1n) is 10.2. The zero-order chi connectivity index (χ0) is 20.7. The van der Waals surface area contributed by atoms with Crippen LogP contribution in [0, 0.1) is 0 Å². The van der Waals surface area contributed by atoms with E-state index in [1.54, 1.807) is 25.3 Å². The molecule has 0 aromatic heterocycles. The van der Waals surface area contributed by atoms with E-state index in [0.717, 1.165) is 32.6 Å². The highest BCUT2D eigenvalue weighted by atomic mass is 16.5. The lowest BCUT2D eigenvalue weighted by Crippen LogP contribution is -2.58. The number of Topliss-reactive ketones (excluding diaryl/α,β-unsaturated/α-hetero) is 1. The number of rotatable bonds is 9. The molecule has 28 heavy (non-hydrogen) atoms. The van der Waals surface area contributed by atoms with Crippen molar-refractivity contribution >= 4 is 11.7 Å². The van der Waals surface area contributed by atoms with Gasteiger partial charge < -0.3 is 14.5 Å². The first kappa shape index (κ1) is 22.4. The Hall–Kier alpha value is -1.92. The fraction of sp³-hybridized carbons (Fsp3) is 0.636. The number of carbonyl (C=O) groups is 2. The van der Waals surface area contributed by atoms with E-state index in [4.69, 9.17) is 4.74 Å². The van der Waals surface area contributed by atoms with Crippen molar-refractivity contribution < 1.29 is 14.3 Å². The number of amides is 1. The van der Waals surface area contributed by atoms with Crippen molar-refractivity contribution in [3.05, 3.63) is 29.8 Å². The molecular formula is C22H35N3O3. The summed E-state index contributed by atoms with van der Waals surface area (Å²) in [7, 11) is 5.77. The van der Waals surface area contributed by atoms with E-state index in [9.17, 15) is 9.59 Å². The van der Waals surface area contributed by atoms with E-state index in [1.807, 2.05) is 11.0 Å². The quantitative estimate of drug-likeness (QED) is 0.608. The van der Waals surface area contributed by atoms with Gasteiger partial charge in [0.05, 0.1) is 7.11 Å². The molecule has 0 radical (unpaired) electrons. The van der Waals surface area contributed by atoms with Crippen molar-refractivity contribution in [2.45, 2.75) is 45.2 Å². The molecule has 6 nitrogen and oxygen atoms in total. The molecule has 156 valence electrons. The predicted molar refractivity (Wildman–Crippen MR) is 112 cm³/mol. The normalized spacial score (nSPS) is 20.4. The molecule has 6 heteroatoms. The van der Waals surface area contributed by atoms with Gasteiger partial charge in [0, 0.05) is 50.1 Å². The maximum atomic E-state index is 12.7. The zero-order valence-electron chi connectivity index (χ0n) is 18.0. The molecule has 1 saturated heterocycles. The Kier molecular flexibility index (Phi) is 8.45. The van der Waals surface area contributed by atoms with Crippen LogP contribution in [0.5, 0.6) is 5.75 Å². The molecule has 2 atom stereocenters.